The van der Waals surface area contributed by atoms with Gasteiger partial charge in [-0.05, 0) is 23.8 Å². The van der Waals surface area contributed by atoms with E-state index in [-0.39, 0.29) is 23.7 Å². The summed E-state index contributed by atoms with van der Waals surface area (Å²) in [6.45, 7) is 4.28. The normalized spacial score (nSPS) is 21.6. The molecule has 2 aromatic rings. The summed E-state index contributed by atoms with van der Waals surface area (Å²) in [5, 5.41) is 9.69. The van der Waals surface area contributed by atoms with Crippen LogP contribution in [0.5, 0.6) is 5.75 Å². The molecule has 2 heterocycles. The number of esters is 4. The first kappa shape index (κ1) is 31.3. The zero-order valence-electron chi connectivity index (χ0n) is 23.0. The summed E-state index contributed by atoms with van der Waals surface area (Å²) in [5.74, 6) is -2.19. The van der Waals surface area contributed by atoms with Crippen molar-refractivity contribution in [1.82, 2.24) is 4.98 Å². The van der Waals surface area contributed by atoms with Gasteiger partial charge in [-0.15, -0.1) is 0 Å². The molecule has 5 atom stereocenters. The fourth-order valence-electron chi connectivity index (χ4n) is 4.46. The Morgan fingerprint density at radius 2 is 1.46 bits per heavy atom. The molecule has 0 aliphatic carbocycles. The molecule has 0 radical (unpaired) electrons. The van der Waals surface area contributed by atoms with Crippen molar-refractivity contribution in [2.24, 2.45) is 0 Å². The predicted molar refractivity (Wildman–Crippen MR) is 142 cm³/mol. The molecule has 0 unspecified atom stereocenters. The quantitative estimate of drug-likeness (QED) is 0.240. The van der Waals surface area contributed by atoms with Gasteiger partial charge >= 0.3 is 23.9 Å². The monoisotopic (exact) mass is 588 g/mol. The van der Waals surface area contributed by atoms with Crippen molar-refractivity contribution in [3.8, 4) is 22.9 Å². The average Bonchev–Trinajstić information content (AvgIpc) is 2.90. The lowest BCUT2D eigenvalue weighted by atomic mass is 9.91. The molecule has 1 saturated heterocycles. The van der Waals surface area contributed by atoms with Crippen LogP contribution in [0.1, 0.15) is 39.0 Å². The summed E-state index contributed by atoms with van der Waals surface area (Å²) < 4.78 is 32.9. The number of ether oxygens (including phenoxy) is 6. The van der Waals surface area contributed by atoms with Gasteiger partial charge in [-0.25, -0.2) is 4.98 Å². The van der Waals surface area contributed by atoms with Gasteiger partial charge in [0.15, 0.2) is 18.3 Å². The molecular weight excluding hydrogens is 560 g/mol. The van der Waals surface area contributed by atoms with Gasteiger partial charge in [-0.1, -0.05) is 23.7 Å². The van der Waals surface area contributed by atoms with E-state index >= 15 is 0 Å². The molecule has 1 aromatic carbocycles. The zero-order chi connectivity index (χ0) is 30.3. The Balaban J connectivity index is 2.08. The number of aromatic nitrogens is 1. The molecule has 12 nitrogen and oxygen atoms in total. The van der Waals surface area contributed by atoms with Crippen LogP contribution in [0.3, 0.4) is 0 Å². The fraction of sp³-hybridized carbons (Fsp3) is 0.429. The van der Waals surface area contributed by atoms with Crippen LogP contribution in [-0.4, -0.2) is 73.1 Å². The lowest BCUT2D eigenvalue weighted by molar-refractivity contribution is -0.252. The Bertz CT molecular complexity index is 1340. The van der Waals surface area contributed by atoms with Gasteiger partial charge in [0.2, 0.25) is 0 Å². The summed E-state index contributed by atoms with van der Waals surface area (Å²) in [6, 6.07) is 10.7. The molecule has 0 N–H and O–H groups in total. The van der Waals surface area contributed by atoms with Crippen LogP contribution in [-0.2, 0) is 49.3 Å². The highest BCUT2D eigenvalue weighted by molar-refractivity contribution is 6.31. The van der Waals surface area contributed by atoms with Gasteiger partial charge in [0.25, 0.3) is 0 Å². The van der Waals surface area contributed by atoms with E-state index in [0.29, 0.717) is 22.6 Å². The second kappa shape index (κ2) is 13.9. The third kappa shape index (κ3) is 8.15. The van der Waals surface area contributed by atoms with E-state index in [9.17, 15) is 24.4 Å². The number of halogens is 1. The lowest BCUT2D eigenvalue weighted by Crippen LogP contribution is -2.62. The summed E-state index contributed by atoms with van der Waals surface area (Å²) >= 11 is 6.40. The second-order valence-corrected chi connectivity index (χ2v) is 9.47. The summed E-state index contributed by atoms with van der Waals surface area (Å²) in [7, 11) is 1.53. The maximum absolute atomic E-state index is 12.1. The second-order valence-electron chi connectivity index (χ2n) is 9.11. The first-order valence-electron chi connectivity index (χ1n) is 12.5. The average molecular weight is 589 g/mol. The van der Waals surface area contributed by atoms with Crippen LogP contribution in [0.25, 0.3) is 11.1 Å². The van der Waals surface area contributed by atoms with Crippen molar-refractivity contribution < 1.29 is 47.6 Å². The van der Waals surface area contributed by atoms with Crippen molar-refractivity contribution >= 4 is 35.5 Å². The number of carbonyl (C=O) groups excluding carboxylic acids is 4. The SMILES string of the molecule is COc1ccc(-c2cc(C[C@@H]3O[C@H](COC(C)=O)[C@@H](OC(C)=O)[C@H](OC(C)=O)[C@H]3OC(C)=O)nc(Cl)c2C#N)cc1. The Morgan fingerprint density at radius 1 is 0.902 bits per heavy atom. The van der Waals surface area contributed by atoms with Gasteiger partial charge < -0.3 is 28.4 Å². The molecule has 41 heavy (non-hydrogen) atoms. The molecule has 0 amide bonds. The van der Waals surface area contributed by atoms with Crippen LogP contribution in [0.15, 0.2) is 30.3 Å². The largest absolute Gasteiger partial charge is 0.497 e. The minimum atomic E-state index is -1.31. The highest BCUT2D eigenvalue weighted by Crippen LogP contribution is 2.34. The molecule has 1 fully saturated rings. The number of nitriles is 1. The van der Waals surface area contributed by atoms with E-state index in [0.717, 1.165) is 20.8 Å². The Hall–Kier alpha value is -4.21. The molecule has 1 aliphatic heterocycles. The third-order valence-electron chi connectivity index (χ3n) is 6.04. The van der Waals surface area contributed by atoms with E-state index in [1.807, 2.05) is 0 Å². The zero-order valence-corrected chi connectivity index (χ0v) is 23.8. The van der Waals surface area contributed by atoms with Crippen molar-refractivity contribution in [2.75, 3.05) is 13.7 Å². The van der Waals surface area contributed by atoms with Crippen molar-refractivity contribution in [3.05, 3.63) is 46.7 Å². The number of hydrogen-bond donors (Lipinski definition) is 0. The minimum absolute atomic E-state index is 0.0480. The van der Waals surface area contributed by atoms with Gasteiger partial charge in [0.05, 0.1) is 12.7 Å². The number of methoxy groups -OCH3 is 1. The number of pyridine rings is 1. The molecule has 1 aromatic heterocycles. The molecule has 0 saturated carbocycles. The topological polar surface area (TPSA) is 160 Å². The summed E-state index contributed by atoms with van der Waals surface area (Å²) in [6.07, 6.45) is -6.02. The smallest absolute Gasteiger partial charge is 0.303 e. The molecule has 3 rings (SSSR count). The van der Waals surface area contributed by atoms with Crippen molar-refractivity contribution in [3.63, 3.8) is 0 Å². The number of hydrogen-bond acceptors (Lipinski definition) is 12. The van der Waals surface area contributed by atoms with Gasteiger partial charge in [-0.2, -0.15) is 5.26 Å². The van der Waals surface area contributed by atoms with Crippen LogP contribution in [0.2, 0.25) is 5.15 Å². The van der Waals surface area contributed by atoms with E-state index in [1.165, 1.54) is 14.0 Å². The van der Waals surface area contributed by atoms with Crippen molar-refractivity contribution in [2.45, 2.75) is 64.6 Å². The number of benzene rings is 1. The van der Waals surface area contributed by atoms with Gasteiger partial charge in [0.1, 0.15) is 35.8 Å². The summed E-state index contributed by atoms with van der Waals surface area (Å²) in [5.41, 5.74) is 1.63. The molecule has 0 bridgehead atoms. The minimum Gasteiger partial charge on any atom is -0.497 e. The van der Waals surface area contributed by atoms with Gasteiger partial charge in [0, 0.05) is 45.4 Å². The number of nitrogens with zero attached hydrogens (tertiary/aromatic N) is 2. The molecule has 1 aliphatic rings. The fourth-order valence-corrected chi connectivity index (χ4v) is 4.71. The Labute approximate surface area is 241 Å². The summed E-state index contributed by atoms with van der Waals surface area (Å²) in [4.78, 5) is 52.1. The molecule has 218 valence electrons. The van der Waals surface area contributed by atoms with Crippen LogP contribution >= 0.6 is 11.6 Å². The van der Waals surface area contributed by atoms with Gasteiger partial charge in [-0.3, -0.25) is 19.2 Å². The van der Waals surface area contributed by atoms with E-state index < -0.39 is 54.4 Å². The van der Waals surface area contributed by atoms with E-state index in [4.69, 9.17) is 40.0 Å². The first-order chi connectivity index (χ1) is 19.4. The highest BCUT2D eigenvalue weighted by atomic mass is 35.5. The maximum atomic E-state index is 12.1. The standard InChI is InChI=1S/C28H29ClN2O10/c1-14(32)37-13-24-26(39-16(3)34)27(40-17(4)35)25(38-15(2)33)23(41-24)11-19-10-21(22(12-30)28(29)31-19)18-6-8-20(36-5)9-7-18/h6-10,23-27H,11,13H2,1-5H3/t23-,24+,25-,26+,27+/m0/s1. The number of rotatable bonds is 9. The molecular formula is C28H29ClN2O10. The number of carbonyl (C=O) groups is 4. The predicted octanol–water partition coefficient (Wildman–Crippen LogP) is 2.95. The van der Waals surface area contributed by atoms with Crippen LogP contribution in [0, 0.1) is 11.3 Å². The molecule has 0 spiro atoms. The Kier molecular flexibility index (Phi) is 10.6. The van der Waals surface area contributed by atoms with Crippen LogP contribution < -0.4 is 4.74 Å². The lowest BCUT2D eigenvalue weighted by Gasteiger charge is -2.44. The van der Waals surface area contributed by atoms with E-state index in [1.54, 1.807) is 30.3 Å². The third-order valence-corrected chi connectivity index (χ3v) is 6.31. The molecule has 13 heteroatoms. The highest BCUT2D eigenvalue weighted by Gasteiger charge is 2.52. The van der Waals surface area contributed by atoms with Crippen LogP contribution in [0.4, 0.5) is 0 Å². The first-order valence-corrected chi connectivity index (χ1v) is 12.9. The van der Waals surface area contributed by atoms with E-state index in [2.05, 4.69) is 11.1 Å². The Morgan fingerprint density at radius 3 is 1.98 bits per heavy atom. The maximum Gasteiger partial charge on any atom is 0.303 e. The van der Waals surface area contributed by atoms with Crippen molar-refractivity contribution in [1.29, 1.82) is 5.26 Å².